The molecule has 0 aromatic rings. The molecule has 0 saturated carbocycles. The lowest BCUT2D eigenvalue weighted by Crippen LogP contribution is -2.31. The molecule has 7 heteroatoms. The molecule has 0 aliphatic heterocycles. The summed E-state index contributed by atoms with van der Waals surface area (Å²) < 4.78 is 0. The van der Waals surface area contributed by atoms with Crippen LogP contribution in [0.25, 0.3) is 0 Å². The summed E-state index contributed by atoms with van der Waals surface area (Å²) in [6.45, 7) is 1.43. The average Bonchev–Trinajstić information content (AvgIpc) is 2.01. The molecule has 0 aromatic heterocycles. The molecule has 0 aliphatic rings. The molecule has 0 radical (unpaired) electrons. The van der Waals surface area contributed by atoms with E-state index in [4.69, 9.17) is 5.11 Å². The zero-order valence-electron chi connectivity index (χ0n) is 7.93. The van der Waals surface area contributed by atoms with E-state index < -0.39 is 11.3 Å². The summed E-state index contributed by atoms with van der Waals surface area (Å²) in [5.74, 6) is -0.277. The Morgan fingerprint density at radius 1 is 1.64 bits per heavy atom. The second kappa shape index (κ2) is 7.07. The van der Waals surface area contributed by atoms with Gasteiger partial charge in [0.05, 0.1) is 6.61 Å². The Labute approximate surface area is 81.2 Å². The summed E-state index contributed by atoms with van der Waals surface area (Å²) in [4.78, 5) is 24.7. The van der Waals surface area contributed by atoms with E-state index in [-0.39, 0.29) is 18.9 Å². The van der Waals surface area contributed by atoms with Gasteiger partial charge in [-0.15, -0.1) is 10.1 Å². The Bertz CT molecular complexity index is 195. The Morgan fingerprint density at radius 2 is 2.29 bits per heavy atom. The summed E-state index contributed by atoms with van der Waals surface area (Å²) in [5.41, 5.74) is 0. The standard InChI is InChI=1S/C7H14N2O5/c1-6(10)8-7(11)4-2-3-5-14-9(12)13/h6,10H,2-5H2,1H3,(H,8,11). The van der Waals surface area contributed by atoms with Crippen molar-refractivity contribution in [2.75, 3.05) is 6.61 Å². The monoisotopic (exact) mass is 206 g/mol. The van der Waals surface area contributed by atoms with E-state index in [9.17, 15) is 14.9 Å². The smallest absolute Gasteiger partial charge is 0.294 e. The molecule has 14 heavy (non-hydrogen) atoms. The van der Waals surface area contributed by atoms with E-state index in [0.717, 1.165) is 0 Å². The first-order chi connectivity index (χ1) is 6.52. The maximum Gasteiger partial charge on any atom is 0.294 e. The summed E-state index contributed by atoms with van der Waals surface area (Å²) in [5, 5.41) is 19.9. The van der Waals surface area contributed by atoms with Gasteiger partial charge >= 0.3 is 0 Å². The fraction of sp³-hybridized carbons (Fsp3) is 0.857. The number of rotatable bonds is 7. The highest BCUT2D eigenvalue weighted by Gasteiger charge is 2.03. The van der Waals surface area contributed by atoms with Crippen LogP contribution in [0, 0.1) is 10.1 Å². The van der Waals surface area contributed by atoms with Crippen molar-refractivity contribution < 1.29 is 19.8 Å². The van der Waals surface area contributed by atoms with Gasteiger partial charge in [0, 0.05) is 6.42 Å². The third-order valence-corrected chi connectivity index (χ3v) is 1.36. The quantitative estimate of drug-likeness (QED) is 0.260. The third-order valence-electron chi connectivity index (χ3n) is 1.36. The molecule has 1 atom stereocenters. The first-order valence-electron chi connectivity index (χ1n) is 4.27. The van der Waals surface area contributed by atoms with Crippen molar-refractivity contribution in [2.45, 2.75) is 32.4 Å². The minimum absolute atomic E-state index is 0.00500. The Kier molecular flexibility index (Phi) is 6.38. The predicted molar refractivity (Wildman–Crippen MR) is 46.6 cm³/mol. The zero-order chi connectivity index (χ0) is 11.0. The van der Waals surface area contributed by atoms with Crippen LogP contribution in [-0.4, -0.2) is 28.9 Å². The van der Waals surface area contributed by atoms with Gasteiger partial charge in [-0.1, -0.05) is 0 Å². The van der Waals surface area contributed by atoms with E-state index in [0.29, 0.717) is 12.8 Å². The van der Waals surface area contributed by atoms with Crippen molar-refractivity contribution in [2.24, 2.45) is 0 Å². The van der Waals surface area contributed by atoms with Gasteiger partial charge < -0.3 is 15.3 Å². The highest BCUT2D eigenvalue weighted by Crippen LogP contribution is 1.96. The molecule has 0 aromatic carbocycles. The molecule has 1 amide bonds. The molecule has 0 heterocycles. The number of carbonyl (C=O) groups is 1. The maximum absolute atomic E-state index is 10.9. The molecule has 0 aliphatic carbocycles. The first-order valence-corrected chi connectivity index (χ1v) is 4.27. The van der Waals surface area contributed by atoms with E-state index >= 15 is 0 Å². The van der Waals surface area contributed by atoms with Crippen LogP contribution >= 0.6 is 0 Å². The summed E-state index contributed by atoms with van der Waals surface area (Å²) in [6.07, 6.45) is 0.296. The maximum atomic E-state index is 10.9. The minimum Gasteiger partial charge on any atom is -0.374 e. The van der Waals surface area contributed by atoms with Crippen molar-refractivity contribution in [3.8, 4) is 0 Å². The number of hydrogen-bond acceptors (Lipinski definition) is 5. The number of amides is 1. The van der Waals surface area contributed by atoms with E-state index in [1.54, 1.807) is 0 Å². The lowest BCUT2D eigenvalue weighted by Gasteiger charge is -2.06. The molecule has 82 valence electrons. The lowest BCUT2D eigenvalue weighted by atomic mass is 10.2. The number of carbonyl (C=O) groups excluding carboxylic acids is 1. The highest BCUT2D eigenvalue weighted by atomic mass is 16.9. The second-order valence-corrected chi connectivity index (χ2v) is 2.76. The highest BCUT2D eigenvalue weighted by molar-refractivity contribution is 5.75. The molecule has 2 N–H and O–H groups in total. The summed E-state index contributed by atoms with van der Waals surface area (Å²) in [6, 6.07) is 0. The number of aliphatic hydroxyl groups excluding tert-OH is 1. The van der Waals surface area contributed by atoms with Crippen LogP contribution in [0.5, 0.6) is 0 Å². The lowest BCUT2D eigenvalue weighted by molar-refractivity contribution is -0.757. The molecule has 0 rings (SSSR count). The number of aliphatic hydroxyl groups is 1. The average molecular weight is 206 g/mol. The number of nitrogens with one attached hydrogen (secondary N) is 1. The van der Waals surface area contributed by atoms with E-state index in [2.05, 4.69) is 10.2 Å². The van der Waals surface area contributed by atoms with E-state index in [1.165, 1.54) is 6.92 Å². The second-order valence-electron chi connectivity index (χ2n) is 2.76. The zero-order valence-corrected chi connectivity index (χ0v) is 7.93. The molecule has 0 bridgehead atoms. The fourth-order valence-electron chi connectivity index (χ4n) is 0.832. The molecule has 0 saturated heterocycles. The van der Waals surface area contributed by atoms with Crippen LogP contribution in [0.4, 0.5) is 0 Å². The van der Waals surface area contributed by atoms with Gasteiger partial charge in [0.25, 0.3) is 5.09 Å². The topological polar surface area (TPSA) is 102 Å². The van der Waals surface area contributed by atoms with Crippen LogP contribution in [0.2, 0.25) is 0 Å². The van der Waals surface area contributed by atoms with Gasteiger partial charge in [0.1, 0.15) is 6.23 Å². The van der Waals surface area contributed by atoms with Gasteiger partial charge in [-0.3, -0.25) is 4.79 Å². The molecule has 1 unspecified atom stereocenters. The molecule has 7 nitrogen and oxygen atoms in total. The fourth-order valence-corrected chi connectivity index (χ4v) is 0.832. The Morgan fingerprint density at radius 3 is 2.79 bits per heavy atom. The normalized spacial score (nSPS) is 11.9. The molecule has 0 fully saturated rings. The molecular weight excluding hydrogens is 192 g/mol. The van der Waals surface area contributed by atoms with Crippen molar-refractivity contribution in [3.05, 3.63) is 10.1 Å². The van der Waals surface area contributed by atoms with Crippen LogP contribution in [0.3, 0.4) is 0 Å². The van der Waals surface area contributed by atoms with Crippen molar-refractivity contribution in [1.82, 2.24) is 5.32 Å². The molecular formula is C7H14N2O5. The summed E-state index contributed by atoms with van der Waals surface area (Å²) >= 11 is 0. The van der Waals surface area contributed by atoms with Gasteiger partial charge in [0.15, 0.2) is 0 Å². The summed E-state index contributed by atoms with van der Waals surface area (Å²) in [7, 11) is 0. The van der Waals surface area contributed by atoms with Crippen molar-refractivity contribution in [1.29, 1.82) is 0 Å². The number of hydrogen-bond donors (Lipinski definition) is 2. The van der Waals surface area contributed by atoms with Crippen molar-refractivity contribution >= 4 is 5.91 Å². The van der Waals surface area contributed by atoms with Crippen LogP contribution in [0.1, 0.15) is 26.2 Å². The van der Waals surface area contributed by atoms with Gasteiger partial charge in [0.2, 0.25) is 5.91 Å². The number of nitrogens with zero attached hydrogens (tertiary/aromatic N) is 1. The number of unbranched alkanes of at least 4 members (excludes halogenated alkanes) is 1. The van der Waals surface area contributed by atoms with Gasteiger partial charge in [-0.05, 0) is 19.8 Å². The van der Waals surface area contributed by atoms with E-state index in [1.807, 2.05) is 0 Å². The minimum atomic E-state index is -0.865. The van der Waals surface area contributed by atoms with Crippen LogP contribution in [-0.2, 0) is 9.63 Å². The Hall–Kier alpha value is -1.37. The van der Waals surface area contributed by atoms with Gasteiger partial charge in [-0.25, -0.2) is 0 Å². The Balaban J connectivity index is 3.27. The SMILES string of the molecule is CC(O)NC(=O)CCCCO[N+](=O)[O-]. The van der Waals surface area contributed by atoms with Crippen LogP contribution < -0.4 is 5.32 Å². The van der Waals surface area contributed by atoms with Gasteiger partial charge in [-0.2, -0.15) is 0 Å². The van der Waals surface area contributed by atoms with Crippen LogP contribution in [0.15, 0.2) is 0 Å². The third kappa shape index (κ3) is 8.72. The first kappa shape index (κ1) is 12.6. The molecule has 0 spiro atoms. The largest absolute Gasteiger partial charge is 0.374 e. The van der Waals surface area contributed by atoms with Crippen molar-refractivity contribution in [3.63, 3.8) is 0 Å². The predicted octanol–water partition coefficient (Wildman–Crippen LogP) is -0.181.